The summed E-state index contributed by atoms with van der Waals surface area (Å²) in [6.45, 7) is 3.22. The van der Waals surface area contributed by atoms with Gasteiger partial charge >= 0.3 is 5.69 Å². The van der Waals surface area contributed by atoms with Crippen molar-refractivity contribution in [3.63, 3.8) is 0 Å². The summed E-state index contributed by atoms with van der Waals surface area (Å²) in [4.78, 5) is 28.2. The molecule has 0 unspecified atom stereocenters. The fraction of sp³-hybridized carbons (Fsp3) is 0.615. The van der Waals surface area contributed by atoms with E-state index in [-0.39, 0.29) is 23.9 Å². The number of nitrogens with zero attached hydrogens (tertiary/aromatic N) is 4. The van der Waals surface area contributed by atoms with Crippen LogP contribution in [0, 0.1) is 0 Å². The molecule has 0 fully saturated rings. The summed E-state index contributed by atoms with van der Waals surface area (Å²) in [6, 6.07) is 0.0481. The Labute approximate surface area is 121 Å². The lowest BCUT2D eigenvalue weighted by Crippen LogP contribution is -2.38. The summed E-state index contributed by atoms with van der Waals surface area (Å²) in [6.07, 6.45) is 2.39. The number of hydrogen-bond acceptors (Lipinski definition) is 5. The lowest BCUT2D eigenvalue weighted by molar-refractivity contribution is 0.238. The van der Waals surface area contributed by atoms with Gasteiger partial charge in [-0.3, -0.25) is 13.9 Å². The smallest absolute Gasteiger partial charge is 0.332 e. The van der Waals surface area contributed by atoms with Gasteiger partial charge in [-0.1, -0.05) is 6.92 Å². The van der Waals surface area contributed by atoms with Crippen molar-refractivity contribution in [2.75, 3.05) is 13.2 Å². The van der Waals surface area contributed by atoms with Crippen LogP contribution in [0.3, 0.4) is 0 Å². The quantitative estimate of drug-likeness (QED) is 0.698. The third kappa shape index (κ3) is 2.77. The van der Waals surface area contributed by atoms with Crippen LogP contribution in [0.1, 0.15) is 13.3 Å². The van der Waals surface area contributed by atoms with Crippen molar-refractivity contribution in [1.29, 1.82) is 0 Å². The van der Waals surface area contributed by atoms with Crippen molar-refractivity contribution < 1.29 is 5.11 Å². The molecule has 8 heteroatoms. The second-order valence-electron chi connectivity index (χ2n) is 5.06. The molecule has 21 heavy (non-hydrogen) atoms. The maximum Gasteiger partial charge on any atom is 0.332 e. The molecule has 0 aliphatic carbocycles. The summed E-state index contributed by atoms with van der Waals surface area (Å²) in [5, 5.41) is 12.3. The Bertz CT molecular complexity index is 739. The molecule has 2 aromatic heterocycles. The molecule has 2 heterocycles. The van der Waals surface area contributed by atoms with Crippen LogP contribution >= 0.6 is 0 Å². The van der Waals surface area contributed by atoms with E-state index in [1.807, 2.05) is 6.92 Å². The standard InChI is InChI=1S/C13H21N5O3/c1-4-9(7-19)14-5-6-18-8-15-11-10(18)12(20)17(3)13(21)16(11)2/h8-9,14,19H,4-7H2,1-3H3/t9-/m1/s1. The Hall–Kier alpha value is -1.93. The minimum atomic E-state index is -0.387. The van der Waals surface area contributed by atoms with E-state index in [4.69, 9.17) is 5.11 Å². The van der Waals surface area contributed by atoms with Crippen LogP contribution in [0.25, 0.3) is 11.2 Å². The Balaban J connectivity index is 2.31. The lowest BCUT2D eigenvalue weighted by atomic mass is 10.2. The molecule has 0 amide bonds. The van der Waals surface area contributed by atoms with Gasteiger partial charge in [-0.15, -0.1) is 0 Å². The second kappa shape index (κ2) is 6.23. The summed E-state index contributed by atoms with van der Waals surface area (Å²) >= 11 is 0. The monoisotopic (exact) mass is 295 g/mol. The summed E-state index contributed by atoms with van der Waals surface area (Å²) in [5.41, 5.74) is 0.0674. The van der Waals surface area contributed by atoms with Crippen LogP contribution < -0.4 is 16.6 Å². The molecular formula is C13H21N5O3. The first-order valence-corrected chi connectivity index (χ1v) is 6.96. The van der Waals surface area contributed by atoms with Crippen molar-refractivity contribution in [1.82, 2.24) is 24.0 Å². The number of imidazole rings is 1. The number of aryl methyl sites for hydroxylation is 1. The number of nitrogens with one attached hydrogen (secondary N) is 1. The molecule has 0 spiro atoms. The van der Waals surface area contributed by atoms with Crippen molar-refractivity contribution >= 4 is 11.2 Å². The summed E-state index contributed by atoms with van der Waals surface area (Å²) in [5.74, 6) is 0. The molecule has 0 radical (unpaired) electrons. The molecule has 0 saturated heterocycles. The number of aliphatic hydroxyl groups is 1. The van der Waals surface area contributed by atoms with Gasteiger partial charge in [0, 0.05) is 33.2 Å². The van der Waals surface area contributed by atoms with Gasteiger partial charge in [0.1, 0.15) is 0 Å². The Morgan fingerprint density at radius 3 is 2.67 bits per heavy atom. The highest BCUT2D eigenvalue weighted by atomic mass is 16.3. The molecule has 0 aromatic carbocycles. The number of rotatable bonds is 6. The molecule has 0 aliphatic heterocycles. The predicted molar refractivity (Wildman–Crippen MR) is 79.4 cm³/mol. The zero-order chi connectivity index (χ0) is 15.6. The van der Waals surface area contributed by atoms with Gasteiger partial charge < -0.3 is 15.0 Å². The predicted octanol–water partition coefficient (Wildman–Crippen LogP) is -1.21. The van der Waals surface area contributed by atoms with Gasteiger partial charge in [0.05, 0.1) is 12.9 Å². The highest BCUT2D eigenvalue weighted by Crippen LogP contribution is 2.04. The minimum Gasteiger partial charge on any atom is -0.395 e. The third-order valence-electron chi connectivity index (χ3n) is 3.72. The molecule has 2 N–H and O–H groups in total. The van der Waals surface area contributed by atoms with Gasteiger partial charge in [0.2, 0.25) is 0 Å². The van der Waals surface area contributed by atoms with Crippen LogP contribution in [0.15, 0.2) is 15.9 Å². The molecule has 0 saturated carbocycles. The van der Waals surface area contributed by atoms with Crippen LogP contribution in [-0.2, 0) is 20.6 Å². The van der Waals surface area contributed by atoms with E-state index in [0.29, 0.717) is 24.3 Å². The fourth-order valence-electron chi connectivity index (χ4n) is 2.29. The topological polar surface area (TPSA) is 94.1 Å². The minimum absolute atomic E-state index is 0.0481. The molecule has 0 aliphatic rings. The van der Waals surface area contributed by atoms with Crippen molar-refractivity contribution in [2.45, 2.75) is 25.9 Å². The van der Waals surface area contributed by atoms with Crippen LogP contribution in [0.2, 0.25) is 0 Å². The zero-order valence-corrected chi connectivity index (χ0v) is 12.5. The molecule has 8 nitrogen and oxygen atoms in total. The second-order valence-corrected chi connectivity index (χ2v) is 5.06. The fourth-order valence-corrected chi connectivity index (χ4v) is 2.29. The Kier molecular flexibility index (Phi) is 4.59. The average molecular weight is 295 g/mol. The van der Waals surface area contributed by atoms with Gasteiger partial charge in [-0.05, 0) is 6.42 Å². The first-order chi connectivity index (χ1) is 10.0. The first-order valence-electron chi connectivity index (χ1n) is 6.96. The van der Waals surface area contributed by atoms with Crippen LogP contribution in [0.5, 0.6) is 0 Å². The van der Waals surface area contributed by atoms with Crippen molar-refractivity contribution in [3.8, 4) is 0 Å². The van der Waals surface area contributed by atoms with Gasteiger partial charge in [-0.2, -0.15) is 0 Å². The average Bonchev–Trinajstić information content (AvgIpc) is 2.91. The highest BCUT2D eigenvalue weighted by Gasteiger charge is 2.14. The van der Waals surface area contributed by atoms with Crippen molar-refractivity contribution in [2.24, 2.45) is 14.1 Å². The first kappa shape index (κ1) is 15.5. The number of aromatic nitrogens is 4. The largest absolute Gasteiger partial charge is 0.395 e. The highest BCUT2D eigenvalue weighted by molar-refractivity contribution is 5.69. The molecular weight excluding hydrogens is 274 g/mol. The van der Waals surface area contributed by atoms with Crippen LogP contribution in [0.4, 0.5) is 0 Å². The van der Waals surface area contributed by atoms with Gasteiger partial charge in [0.15, 0.2) is 11.2 Å². The Morgan fingerprint density at radius 2 is 2.05 bits per heavy atom. The van der Waals surface area contributed by atoms with Crippen molar-refractivity contribution in [3.05, 3.63) is 27.2 Å². The van der Waals surface area contributed by atoms with E-state index in [1.54, 1.807) is 17.9 Å². The van der Waals surface area contributed by atoms with E-state index in [2.05, 4.69) is 10.3 Å². The SMILES string of the molecule is CC[C@H](CO)NCCn1cnc2c1c(=O)n(C)c(=O)n2C. The molecule has 1 atom stereocenters. The normalized spacial score (nSPS) is 13.0. The number of fused-ring (bicyclic) bond motifs is 1. The number of aliphatic hydroxyl groups excluding tert-OH is 1. The maximum absolute atomic E-state index is 12.2. The number of hydrogen-bond donors (Lipinski definition) is 2. The maximum atomic E-state index is 12.2. The van der Waals surface area contributed by atoms with E-state index in [0.717, 1.165) is 11.0 Å². The Morgan fingerprint density at radius 1 is 1.33 bits per heavy atom. The van der Waals surface area contributed by atoms with E-state index < -0.39 is 0 Å². The van der Waals surface area contributed by atoms with Gasteiger partial charge in [-0.25, -0.2) is 9.78 Å². The summed E-state index contributed by atoms with van der Waals surface area (Å²) < 4.78 is 4.17. The molecule has 116 valence electrons. The molecule has 2 rings (SSSR count). The van der Waals surface area contributed by atoms with Crippen LogP contribution in [-0.4, -0.2) is 43.0 Å². The van der Waals surface area contributed by atoms with E-state index >= 15 is 0 Å². The molecule has 2 aromatic rings. The van der Waals surface area contributed by atoms with E-state index in [9.17, 15) is 9.59 Å². The zero-order valence-electron chi connectivity index (χ0n) is 12.5. The molecule has 0 bridgehead atoms. The third-order valence-corrected chi connectivity index (χ3v) is 3.72. The van der Waals surface area contributed by atoms with Gasteiger partial charge in [0.25, 0.3) is 5.56 Å². The lowest BCUT2D eigenvalue weighted by Gasteiger charge is -2.14. The van der Waals surface area contributed by atoms with E-state index in [1.165, 1.54) is 11.6 Å². The summed E-state index contributed by atoms with van der Waals surface area (Å²) in [7, 11) is 3.05.